The molecule has 4 rings (SSSR count). The van der Waals surface area contributed by atoms with Crippen LogP contribution in [0, 0.1) is 13.8 Å². The number of fused-ring (bicyclic) bond motifs is 1. The van der Waals surface area contributed by atoms with Gasteiger partial charge in [0.05, 0.1) is 30.1 Å². The van der Waals surface area contributed by atoms with Crippen molar-refractivity contribution in [1.82, 2.24) is 4.98 Å². The van der Waals surface area contributed by atoms with E-state index < -0.39 is 0 Å². The summed E-state index contributed by atoms with van der Waals surface area (Å²) in [4.78, 5) is 7.89. The van der Waals surface area contributed by atoms with E-state index in [0.717, 1.165) is 63.3 Å². The van der Waals surface area contributed by atoms with Gasteiger partial charge in [-0.05, 0) is 61.7 Å². The second-order valence-electron chi connectivity index (χ2n) is 7.48. The average Bonchev–Trinajstić information content (AvgIpc) is 3.31. The summed E-state index contributed by atoms with van der Waals surface area (Å²) in [6.45, 7) is 11.3. The third kappa shape index (κ3) is 3.83. The molecule has 1 saturated heterocycles. The van der Waals surface area contributed by atoms with E-state index in [1.54, 1.807) is 6.20 Å². The van der Waals surface area contributed by atoms with Crippen molar-refractivity contribution in [1.29, 1.82) is 0 Å². The molecule has 1 atom stereocenters. The number of hydrogen-bond acceptors (Lipinski definition) is 3. The van der Waals surface area contributed by atoms with Crippen LogP contribution in [0.3, 0.4) is 0 Å². The summed E-state index contributed by atoms with van der Waals surface area (Å²) >= 11 is 6.48. The van der Waals surface area contributed by atoms with Gasteiger partial charge in [0.2, 0.25) is 0 Å². The molecule has 0 aliphatic carbocycles. The van der Waals surface area contributed by atoms with Gasteiger partial charge in [-0.1, -0.05) is 24.2 Å². The first kappa shape index (κ1) is 19.7. The zero-order valence-electron chi connectivity index (χ0n) is 17.0. The number of benzene rings is 2. The Morgan fingerprint density at radius 2 is 2.14 bits per heavy atom. The van der Waals surface area contributed by atoms with Crippen molar-refractivity contribution in [2.24, 2.45) is 4.99 Å². The van der Waals surface area contributed by atoms with Crippen molar-refractivity contribution < 1.29 is 9.47 Å². The fourth-order valence-corrected chi connectivity index (χ4v) is 4.13. The van der Waals surface area contributed by atoms with Crippen molar-refractivity contribution in [2.45, 2.75) is 33.3 Å². The number of hydrogen-bond donors (Lipinski definition) is 1. The van der Waals surface area contributed by atoms with Crippen LogP contribution >= 0.6 is 11.6 Å². The standard InChI is InChI=1S/C24H25ClN2O2/c1-5-26-16(4)23-15(3)20-11-18(25)12-21(24(20)27-23)17-6-7-22(14(2)10-17)29-19-8-9-28-13-19/h5-7,10-12,19,27H,1,8-9,13H2,2-4H3/b26-16-. The first-order chi connectivity index (χ1) is 14.0. The summed E-state index contributed by atoms with van der Waals surface area (Å²) in [6, 6.07) is 10.3. The molecule has 0 bridgehead atoms. The third-order valence-electron chi connectivity index (χ3n) is 5.45. The number of ether oxygens (including phenoxy) is 2. The van der Waals surface area contributed by atoms with Crippen LogP contribution in [-0.4, -0.2) is 30.0 Å². The van der Waals surface area contributed by atoms with E-state index in [9.17, 15) is 0 Å². The van der Waals surface area contributed by atoms with Gasteiger partial charge in [-0.2, -0.15) is 0 Å². The Bertz CT molecular complexity index is 1110. The van der Waals surface area contributed by atoms with E-state index in [-0.39, 0.29) is 6.10 Å². The molecule has 3 aromatic rings. The molecule has 150 valence electrons. The molecule has 1 N–H and O–H groups in total. The second kappa shape index (κ2) is 8.05. The van der Waals surface area contributed by atoms with E-state index in [1.165, 1.54) is 0 Å². The van der Waals surface area contributed by atoms with Gasteiger partial charge in [-0.3, -0.25) is 4.99 Å². The van der Waals surface area contributed by atoms with Crippen molar-refractivity contribution in [2.75, 3.05) is 13.2 Å². The predicted octanol–water partition coefficient (Wildman–Crippen LogP) is 6.23. The number of aryl methyl sites for hydroxylation is 2. The molecular formula is C24H25ClN2O2. The minimum atomic E-state index is 0.137. The maximum absolute atomic E-state index is 6.48. The van der Waals surface area contributed by atoms with Crippen LogP contribution in [0.1, 0.15) is 30.2 Å². The van der Waals surface area contributed by atoms with Gasteiger partial charge in [0.15, 0.2) is 0 Å². The SMILES string of the molecule is C=C/N=C(/C)c1[nH]c2c(-c3ccc(OC4CCOC4)c(C)c3)cc(Cl)cc2c1C. The van der Waals surface area contributed by atoms with E-state index in [1.807, 2.05) is 25.1 Å². The van der Waals surface area contributed by atoms with Crippen molar-refractivity contribution in [3.63, 3.8) is 0 Å². The number of aliphatic imine (C=N–C) groups is 1. The molecule has 0 amide bonds. The largest absolute Gasteiger partial charge is 0.488 e. The summed E-state index contributed by atoms with van der Waals surface area (Å²) in [6.07, 6.45) is 2.64. The molecule has 4 nitrogen and oxygen atoms in total. The Labute approximate surface area is 176 Å². The van der Waals surface area contributed by atoms with Crippen LogP contribution < -0.4 is 4.74 Å². The zero-order chi connectivity index (χ0) is 20.5. The minimum absolute atomic E-state index is 0.137. The smallest absolute Gasteiger partial charge is 0.124 e. The number of halogens is 1. The van der Waals surface area contributed by atoms with Gasteiger partial charge in [-0.25, -0.2) is 0 Å². The monoisotopic (exact) mass is 408 g/mol. The lowest BCUT2D eigenvalue weighted by molar-refractivity contribution is 0.141. The normalized spacial score (nSPS) is 17.1. The summed E-state index contributed by atoms with van der Waals surface area (Å²) in [5.74, 6) is 0.903. The number of rotatable bonds is 5. The van der Waals surface area contributed by atoms with E-state index >= 15 is 0 Å². The first-order valence-corrected chi connectivity index (χ1v) is 10.2. The molecule has 0 spiro atoms. The Hall–Kier alpha value is -2.56. The minimum Gasteiger partial charge on any atom is -0.488 e. The summed E-state index contributed by atoms with van der Waals surface area (Å²) in [5, 5.41) is 1.81. The fourth-order valence-electron chi connectivity index (χ4n) is 3.92. The van der Waals surface area contributed by atoms with Gasteiger partial charge in [0, 0.05) is 28.6 Å². The van der Waals surface area contributed by atoms with Crippen LogP contribution in [-0.2, 0) is 4.74 Å². The van der Waals surface area contributed by atoms with E-state index in [2.05, 4.69) is 42.5 Å². The topological polar surface area (TPSA) is 46.6 Å². The maximum Gasteiger partial charge on any atom is 0.124 e. The Morgan fingerprint density at radius 1 is 1.31 bits per heavy atom. The van der Waals surface area contributed by atoms with E-state index in [0.29, 0.717) is 11.6 Å². The summed E-state index contributed by atoms with van der Waals surface area (Å²) < 4.78 is 11.5. The van der Waals surface area contributed by atoms with Gasteiger partial charge in [-0.15, -0.1) is 0 Å². The van der Waals surface area contributed by atoms with Crippen LogP contribution in [0.4, 0.5) is 0 Å². The first-order valence-electron chi connectivity index (χ1n) is 9.81. The molecular weight excluding hydrogens is 384 g/mol. The molecule has 1 aliphatic rings. The third-order valence-corrected chi connectivity index (χ3v) is 5.66. The molecule has 5 heteroatoms. The summed E-state index contributed by atoms with van der Waals surface area (Å²) in [7, 11) is 0. The van der Waals surface area contributed by atoms with Crippen molar-refractivity contribution in [3.8, 4) is 16.9 Å². The molecule has 1 aromatic heterocycles. The molecule has 1 aliphatic heterocycles. The van der Waals surface area contributed by atoms with Gasteiger partial charge >= 0.3 is 0 Å². The lowest BCUT2D eigenvalue weighted by Gasteiger charge is -2.15. The van der Waals surface area contributed by atoms with Crippen molar-refractivity contribution in [3.05, 3.63) is 65.0 Å². The average molecular weight is 409 g/mol. The number of aromatic nitrogens is 1. The van der Waals surface area contributed by atoms with Gasteiger partial charge < -0.3 is 14.5 Å². The van der Waals surface area contributed by atoms with Crippen molar-refractivity contribution >= 4 is 28.2 Å². The highest BCUT2D eigenvalue weighted by Crippen LogP contribution is 2.36. The highest BCUT2D eigenvalue weighted by atomic mass is 35.5. The molecule has 1 unspecified atom stereocenters. The molecule has 2 aromatic carbocycles. The molecule has 1 fully saturated rings. The number of nitrogens with zero attached hydrogens (tertiary/aromatic N) is 1. The Balaban J connectivity index is 1.79. The molecule has 0 radical (unpaired) electrons. The fraction of sp³-hybridized carbons (Fsp3) is 0.292. The predicted molar refractivity (Wildman–Crippen MR) is 120 cm³/mol. The van der Waals surface area contributed by atoms with Gasteiger partial charge in [0.1, 0.15) is 11.9 Å². The lowest BCUT2D eigenvalue weighted by atomic mass is 9.99. The lowest BCUT2D eigenvalue weighted by Crippen LogP contribution is -2.16. The van der Waals surface area contributed by atoms with Crippen LogP contribution in [0.2, 0.25) is 5.02 Å². The second-order valence-corrected chi connectivity index (χ2v) is 7.92. The van der Waals surface area contributed by atoms with Gasteiger partial charge in [0.25, 0.3) is 0 Å². The van der Waals surface area contributed by atoms with Crippen LogP contribution in [0.15, 0.2) is 48.1 Å². The highest BCUT2D eigenvalue weighted by Gasteiger charge is 2.19. The Morgan fingerprint density at radius 3 is 2.83 bits per heavy atom. The molecule has 2 heterocycles. The number of nitrogens with one attached hydrogen (secondary N) is 1. The number of H-pyrrole nitrogens is 1. The van der Waals surface area contributed by atoms with E-state index in [4.69, 9.17) is 21.1 Å². The number of aromatic amines is 1. The summed E-state index contributed by atoms with van der Waals surface area (Å²) in [5.41, 5.74) is 7.33. The highest BCUT2D eigenvalue weighted by molar-refractivity contribution is 6.32. The molecule has 0 saturated carbocycles. The maximum atomic E-state index is 6.48. The van der Waals surface area contributed by atoms with Crippen LogP contribution in [0.5, 0.6) is 5.75 Å². The quantitative estimate of drug-likeness (QED) is 0.509. The van der Waals surface area contributed by atoms with Crippen LogP contribution in [0.25, 0.3) is 22.0 Å². The Kier molecular flexibility index (Phi) is 5.48. The zero-order valence-corrected chi connectivity index (χ0v) is 17.8. The molecule has 29 heavy (non-hydrogen) atoms.